The molecule has 0 radical (unpaired) electrons. The molecule has 8 heteroatoms. The Morgan fingerprint density at radius 2 is 1.95 bits per heavy atom. The predicted molar refractivity (Wildman–Crippen MR) is 146 cm³/mol. The molecule has 204 valence electrons. The van der Waals surface area contributed by atoms with Crippen LogP contribution in [0.5, 0.6) is 0 Å². The van der Waals surface area contributed by atoms with Crippen LogP contribution in [0.2, 0.25) is 0 Å². The van der Waals surface area contributed by atoms with Crippen LogP contribution in [0, 0.1) is 11.6 Å². The van der Waals surface area contributed by atoms with Gasteiger partial charge in [0.15, 0.2) is 0 Å². The zero-order valence-electron chi connectivity index (χ0n) is 21.9. The highest BCUT2D eigenvalue weighted by Crippen LogP contribution is 2.45. The second-order valence-electron chi connectivity index (χ2n) is 10.6. The summed E-state index contributed by atoms with van der Waals surface area (Å²) < 4.78 is 44.4. The van der Waals surface area contributed by atoms with Gasteiger partial charge in [-0.1, -0.05) is 24.8 Å². The monoisotopic (exact) mass is 526 g/mol. The van der Waals surface area contributed by atoms with E-state index in [0.29, 0.717) is 31.5 Å². The summed E-state index contributed by atoms with van der Waals surface area (Å²) in [5, 5.41) is 13.8. The Balaban J connectivity index is 1.50. The lowest BCUT2D eigenvalue weighted by Crippen LogP contribution is -2.42. The number of fused-ring (bicyclic) bond motifs is 3. The number of para-hydroxylation sites is 1. The first-order valence-electron chi connectivity index (χ1n) is 13.6. The van der Waals surface area contributed by atoms with Gasteiger partial charge < -0.3 is 25.2 Å². The molecule has 2 aromatic carbocycles. The average Bonchev–Trinajstić information content (AvgIpc) is 3.49. The normalized spacial score (nSPS) is 21.7. The molecule has 38 heavy (non-hydrogen) atoms. The molecule has 1 fully saturated rings. The average molecular weight is 527 g/mol. The minimum Gasteiger partial charge on any atom is -0.396 e. The predicted octanol–water partition coefficient (Wildman–Crippen LogP) is 5.91. The number of benzene rings is 2. The minimum atomic E-state index is -0.705. The largest absolute Gasteiger partial charge is 0.396 e. The van der Waals surface area contributed by atoms with Crippen molar-refractivity contribution >= 4 is 16.6 Å². The molecule has 3 atom stereocenters. The number of aromatic nitrogens is 1. The molecule has 3 N–H and O–H groups in total. The van der Waals surface area contributed by atoms with E-state index in [9.17, 15) is 9.50 Å². The summed E-state index contributed by atoms with van der Waals surface area (Å²) in [6.07, 6.45) is 3.13. The zero-order valence-corrected chi connectivity index (χ0v) is 21.9. The van der Waals surface area contributed by atoms with E-state index in [2.05, 4.69) is 28.7 Å². The molecule has 5 rings (SSSR count). The molecule has 1 saturated heterocycles. The van der Waals surface area contributed by atoms with Crippen LogP contribution < -0.4 is 5.32 Å². The van der Waals surface area contributed by atoms with Gasteiger partial charge in [0.2, 0.25) is 0 Å². The number of nitrogens with zero attached hydrogens (tertiary/aromatic N) is 2. The fraction of sp³-hybridized carbons (Fsp3) is 0.467. The van der Waals surface area contributed by atoms with E-state index in [1.165, 1.54) is 12.1 Å². The van der Waals surface area contributed by atoms with Crippen molar-refractivity contribution in [3.8, 4) is 0 Å². The van der Waals surface area contributed by atoms with Gasteiger partial charge in [0.1, 0.15) is 17.7 Å². The highest BCUT2D eigenvalue weighted by molar-refractivity contribution is 5.85. The van der Waals surface area contributed by atoms with Gasteiger partial charge >= 0.3 is 0 Å². The first-order chi connectivity index (χ1) is 18.4. The summed E-state index contributed by atoms with van der Waals surface area (Å²) in [7, 11) is 0. The molecule has 3 heterocycles. The SMILES string of the molecule is C=C(CCCO)N1[C@@H](c2c(F)cc(N[C@H]3CCN(CCCF)C3)cc2F)c2[nH]c3ccccc3c2C[C@@H]1C. The molecule has 0 spiro atoms. The Morgan fingerprint density at radius 1 is 1.18 bits per heavy atom. The molecular formula is C30H37F3N4O. The minimum absolute atomic E-state index is 0.00366. The van der Waals surface area contributed by atoms with Gasteiger partial charge in [-0.25, -0.2) is 8.78 Å². The van der Waals surface area contributed by atoms with E-state index in [1.54, 1.807) is 0 Å². The first-order valence-corrected chi connectivity index (χ1v) is 13.6. The second-order valence-corrected chi connectivity index (χ2v) is 10.6. The van der Waals surface area contributed by atoms with E-state index in [1.807, 2.05) is 29.2 Å². The molecule has 1 aromatic heterocycles. The first kappa shape index (κ1) is 26.6. The van der Waals surface area contributed by atoms with Gasteiger partial charge in [-0.2, -0.15) is 0 Å². The maximum Gasteiger partial charge on any atom is 0.133 e. The maximum absolute atomic E-state index is 15.9. The Hall–Kier alpha value is -2.97. The Kier molecular flexibility index (Phi) is 8.00. The zero-order chi connectivity index (χ0) is 26.8. The number of aliphatic hydroxyl groups is 1. The van der Waals surface area contributed by atoms with E-state index in [4.69, 9.17) is 0 Å². The smallest absolute Gasteiger partial charge is 0.133 e. The van der Waals surface area contributed by atoms with Gasteiger partial charge in [-0.3, -0.25) is 4.39 Å². The summed E-state index contributed by atoms with van der Waals surface area (Å²) in [6, 6.07) is 10.0. The van der Waals surface area contributed by atoms with Crippen molar-refractivity contribution in [3.63, 3.8) is 0 Å². The molecule has 2 aliphatic heterocycles. The number of alkyl halides is 1. The molecule has 0 aliphatic carbocycles. The van der Waals surface area contributed by atoms with E-state index in [-0.39, 0.29) is 30.9 Å². The van der Waals surface area contributed by atoms with Gasteiger partial charge in [0, 0.05) is 66.3 Å². The third-order valence-electron chi connectivity index (χ3n) is 7.96. The maximum atomic E-state index is 15.9. The van der Waals surface area contributed by atoms with Crippen LogP contribution in [0.4, 0.5) is 18.9 Å². The number of halogens is 3. The molecular weight excluding hydrogens is 489 g/mol. The molecule has 0 unspecified atom stereocenters. The van der Waals surface area contributed by atoms with E-state index >= 15 is 8.78 Å². The van der Waals surface area contributed by atoms with Gasteiger partial charge in [-0.15, -0.1) is 0 Å². The molecule has 2 aliphatic rings. The van der Waals surface area contributed by atoms with Crippen LogP contribution >= 0.6 is 0 Å². The molecule has 3 aromatic rings. The van der Waals surface area contributed by atoms with Crippen molar-refractivity contribution in [1.82, 2.24) is 14.8 Å². The van der Waals surface area contributed by atoms with Crippen LogP contribution in [0.3, 0.4) is 0 Å². The Morgan fingerprint density at radius 3 is 2.68 bits per heavy atom. The third kappa shape index (κ3) is 5.16. The molecule has 5 nitrogen and oxygen atoms in total. The summed E-state index contributed by atoms with van der Waals surface area (Å²) in [6.45, 7) is 8.26. The summed E-state index contributed by atoms with van der Waals surface area (Å²) in [5.74, 6) is -1.22. The van der Waals surface area contributed by atoms with Crippen LogP contribution in [-0.4, -0.2) is 64.9 Å². The Labute approximate surface area is 222 Å². The lowest BCUT2D eigenvalue weighted by molar-refractivity contribution is 0.182. The number of hydrogen-bond acceptors (Lipinski definition) is 4. The number of aromatic amines is 1. The Bertz CT molecular complexity index is 1270. The third-order valence-corrected chi connectivity index (χ3v) is 7.96. The number of nitrogens with one attached hydrogen (secondary N) is 2. The molecule has 0 bridgehead atoms. The molecule has 0 amide bonds. The number of likely N-dealkylation sites (tertiary alicyclic amines) is 1. The van der Waals surface area contributed by atoms with Gasteiger partial charge in [-0.05, 0) is 62.8 Å². The standard InChI is InChI=1S/C30H37F3N4O/c1-19(7-5-14-38)37-20(2)15-24-23-8-3-4-9-27(23)35-29(24)30(37)28-25(32)16-22(17-26(28)33)34-21-10-13-36(18-21)12-6-11-31/h3-4,8-9,16-17,20-21,30,34-35,38H,1,5-7,10-15,18H2,2H3/t20-,21-,30-/m0/s1. The van der Waals surface area contributed by atoms with E-state index in [0.717, 1.165) is 53.8 Å². The van der Waals surface area contributed by atoms with Crippen LogP contribution in [0.1, 0.15) is 55.5 Å². The summed E-state index contributed by atoms with van der Waals surface area (Å²) in [5.41, 5.74) is 3.96. The van der Waals surface area contributed by atoms with Crippen molar-refractivity contribution in [1.29, 1.82) is 0 Å². The lowest BCUT2D eigenvalue weighted by Gasteiger charge is -2.44. The second kappa shape index (κ2) is 11.4. The summed E-state index contributed by atoms with van der Waals surface area (Å²) in [4.78, 5) is 7.65. The lowest BCUT2D eigenvalue weighted by atomic mass is 9.87. The topological polar surface area (TPSA) is 54.5 Å². The number of allylic oxidation sites excluding steroid dienone is 1. The van der Waals surface area contributed by atoms with E-state index < -0.39 is 17.7 Å². The van der Waals surface area contributed by atoms with Crippen LogP contribution in [0.15, 0.2) is 48.7 Å². The highest BCUT2D eigenvalue weighted by Gasteiger charge is 2.39. The number of rotatable bonds is 10. The summed E-state index contributed by atoms with van der Waals surface area (Å²) >= 11 is 0. The van der Waals surface area contributed by atoms with Crippen LogP contribution in [0.25, 0.3) is 10.9 Å². The van der Waals surface area contributed by atoms with Crippen molar-refractivity contribution in [2.75, 3.05) is 38.2 Å². The number of aliphatic hydroxyl groups excluding tert-OH is 1. The highest BCUT2D eigenvalue weighted by atomic mass is 19.1. The number of H-pyrrole nitrogens is 1. The van der Waals surface area contributed by atoms with Crippen molar-refractivity contribution < 1.29 is 18.3 Å². The van der Waals surface area contributed by atoms with Crippen molar-refractivity contribution in [2.24, 2.45) is 0 Å². The quantitative estimate of drug-likeness (QED) is 0.307. The van der Waals surface area contributed by atoms with Gasteiger partial charge in [0.25, 0.3) is 0 Å². The fourth-order valence-corrected chi connectivity index (χ4v) is 6.25. The van der Waals surface area contributed by atoms with Gasteiger partial charge in [0.05, 0.1) is 12.2 Å². The molecule has 0 saturated carbocycles. The number of anilines is 1. The fourth-order valence-electron chi connectivity index (χ4n) is 6.25. The van der Waals surface area contributed by atoms with Crippen molar-refractivity contribution in [2.45, 2.75) is 57.2 Å². The van der Waals surface area contributed by atoms with Crippen molar-refractivity contribution in [3.05, 3.63) is 77.1 Å². The number of hydrogen-bond donors (Lipinski definition) is 3. The van der Waals surface area contributed by atoms with Crippen LogP contribution in [-0.2, 0) is 6.42 Å².